The van der Waals surface area contributed by atoms with Crippen LogP contribution in [0, 0.1) is 6.92 Å². The zero-order valence-electron chi connectivity index (χ0n) is 14.7. The number of amides is 1. The summed E-state index contributed by atoms with van der Waals surface area (Å²) in [6, 6.07) is 13.7. The molecule has 0 radical (unpaired) electrons. The number of rotatable bonds is 9. The fraction of sp³-hybridized carbons (Fsp3) is 0.222. The number of anilines is 1. The number of hydrogen-bond acceptors (Lipinski definition) is 4. The molecule has 0 aliphatic carbocycles. The van der Waals surface area contributed by atoms with E-state index in [1.807, 2.05) is 6.92 Å². The highest BCUT2D eigenvalue weighted by Crippen LogP contribution is 2.41. The van der Waals surface area contributed by atoms with Crippen LogP contribution in [0.25, 0.3) is 0 Å². The predicted molar refractivity (Wildman–Crippen MR) is 101 cm³/mol. The molecule has 2 atom stereocenters. The number of aryl methyl sites for hydroxylation is 1. The third kappa shape index (κ3) is 6.86. The van der Waals surface area contributed by atoms with Crippen LogP contribution in [0.15, 0.2) is 54.6 Å². The van der Waals surface area contributed by atoms with Gasteiger partial charge in [0, 0.05) is 17.7 Å². The number of carbonyl (C=O) groups is 2. The molecule has 0 saturated heterocycles. The Labute approximate surface area is 156 Å². The highest BCUT2D eigenvalue weighted by molar-refractivity contribution is 7.54. The molecule has 9 heteroatoms. The summed E-state index contributed by atoms with van der Waals surface area (Å²) in [6.45, 7) is 1.54. The Bertz CT molecular complexity index is 826. The number of carboxylic acids is 1. The maximum absolute atomic E-state index is 12.1. The Morgan fingerprint density at radius 1 is 1.11 bits per heavy atom. The lowest BCUT2D eigenvalue weighted by atomic mass is 10.1. The highest BCUT2D eigenvalue weighted by Gasteiger charge is 2.24. The number of nitrogens with one attached hydrogen (secondary N) is 2. The van der Waals surface area contributed by atoms with Gasteiger partial charge in [-0.3, -0.25) is 14.4 Å². The molecule has 2 aromatic carbocycles. The Balaban J connectivity index is 1.88. The third-order valence-electron chi connectivity index (χ3n) is 3.63. The first-order valence-corrected chi connectivity index (χ1v) is 9.75. The third-order valence-corrected chi connectivity index (χ3v) is 4.71. The summed E-state index contributed by atoms with van der Waals surface area (Å²) in [7, 11) is -4.15. The van der Waals surface area contributed by atoms with Crippen LogP contribution < -0.4 is 10.4 Å². The van der Waals surface area contributed by atoms with E-state index in [0.29, 0.717) is 11.3 Å². The summed E-state index contributed by atoms with van der Waals surface area (Å²) < 4.78 is 16.9. The van der Waals surface area contributed by atoms with E-state index < -0.39 is 25.7 Å². The zero-order chi connectivity index (χ0) is 19.9. The van der Waals surface area contributed by atoms with E-state index in [9.17, 15) is 24.2 Å². The molecule has 4 N–H and O–H groups in total. The fourth-order valence-electron chi connectivity index (χ4n) is 2.21. The van der Waals surface area contributed by atoms with Crippen LogP contribution in [-0.2, 0) is 13.9 Å². The van der Waals surface area contributed by atoms with Gasteiger partial charge in [-0.1, -0.05) is 35.9 Å². The molecular weight excluding hydrogens is 371 g/mol. The van der Waals surface area contributed by atoms with Crippen LogP contribution in [-0.4, -0.2) is 34.5 Å². The van der Waals surface area contributed by atoms with E-state index in [0.717, 1.165) is 5.56 Å². The lowest BCUT2D eigenvalue weighted by Gasteiger charge is -2.17. The van der Waals surface area contributed by atoms with Crippen molar-refractivity contribution < 1.29 is 28.7 Å². The van der Waals surface area contributed by atoms with E-state index in [1.54, 1.807) is 54.6 Å². The average Bonchev–Trinajstić information content (AvgIpc) is 2.61. The first kappa shape index (κ1) is 20.6. The number of carboxylic acid groups (broad SMARTS) is 1. The van der Waals surface area contributed by atoms with Gasteiger partial charge in [0.2, 0.25) is 0 Å². The molecule has 0 aliphatic rings. The van der Waals surface area contributed by atoms with Gasteiger partial charge in [0.15, 0.2) is 0 Å². The van der Waals surface area contributed by atoms with Gasteiger partial charge in [-0.2, -0.15) is 0 Å². The predicted octanol–water partition coefficient (Wildman–Crippen LogP) is 2.80. The Kier molecular flexibility index (Phi) is 7.12. The summed E-state index contributed by atoms with van der Waals surface area (Å²) >= 11 is 0. The molecule has 2 aromatic rings. The first-order chi connectivity index (χ1) is 12.8. The molecule has 27 heavy (non-hydrogen) atoms. The van der Waals surface area contributed by atoms with Crippen LogP contribution in [0.1, 0.15) is 22.3 Å². The van der Waals surface area contributed by atoms with Crippen molar-refractivity contribution in [3.05, 3.63) is 65.7 Å². The molecule has 0 bridgehead atoms. The summed E-state index contributed by atoms with van der Waals surface area (Å²) in [5, 5.41) is 14.0. The minimum atomic E-state index is -4.15. The minimum absolute atomic E-state index is 0.173. The molecule has 0 heterocycles. The van der Waals surface area contributed by atoms with Gasteiger partial charge in [0.25, 0.3) is 5.91 Å². The van der Waals surface area contributed by atoms with Crippen molar-refractivity contribution in [3.8, 4) is 0 Å². The lowest BCUT2D eigenvalue weighted by molar-refractivity contribution is -0.139. The quantitative estimate of drug-likeness (QED) is 0.484. The first-order valence-electron chi connectivity index (χ1n) is 8.18. The molecule has 1 amide bonds. The minimum Gasteiger partial charge on any atom is -0.480 e. The van der Waals surface area contributed by atoms with Crippen molar-refractivity contribution in [2.24, 2.45) is 0 Å². The smallest absolute Gasteiger partial charge is 0.430 e. The molecule has 8 nitrogen and oxygen atoms in total. The maximum Gasteiger partial charge on any atom is 0.430 e. The van der Waals surface area contributed by atoms with Gasteiger partial charge in [0.05, 0.1) is 6.61 Å². The van der Waals surface area contributed by atoms with Crippen LogP contribution in [0.4, 0.5) is 5.69 Å². The number of para-hydroxylation sites is 1. The standard InChI is InChI=1S/C18H21N2O6P/c1-13-7-9-14(10-8-13)17(21)19-16(18(22)23)11-12-26-27(24,25)20-15-5-3-2-4-6-15/h2-10,16H,11-12H2,1H3,(H,19,21)(H,22,23)(H2,20,24,25)/t16-/m0/s1. The van der Waals surface area contributed by atoms with Crippen molar-refractivity contribution in [1.82, 2.24) is 5.32 Å². The van der Waals surface area contributed by atoms with E-state index in [-0.39, 0.29) is 13.0 Å². The van der Waals surface area contributed by atoms with Gasteiger partial charge in [-0.25, -0.2) is 9.36 Å². The summed E-state index contributed by atoms with van der Waals surface area (Å²) in [5.74, 6) is -1.81. The van der Waals surface area contributed by atoms with E-state index in [4.69, 9.17) is 4.52 Å². The number of carbonyl (C=O) groups excluding carboxylic acids is 1. The van der Waals surface area contributed by atoms with E-state index in [2.05, 4.69) is 10.4 Å². The number of aliphatic carboxylic acids is 1. The van der Waals surface area contributed by atoms with Gasteiger partial charge in [-0.05, 0) is 31.2 Å². The molecule has 144 valence electrons. The molecule has 1 unspecified atom stereocenters. The van der Waals surface area contributed by atoms with Gasteiger partial charge in [0.1, 0.15) is 6.04 Å². The summed E-state index contributed by atoms with van der Waals surface area (Å²) in [6.07, 6.45) is -0.173. The van der Waals surface area contributed by atoms with Crippen molar-refractivity contribution in [1.29, 1.82) is 0 Å². The topological polar surface area (TPSA) is 125 Å². The van der Waals surface area contributed by atoms with Crippen LogP contribution in [0.5, 0.6) is 0 Å². The second-order valence-electron chi connectivity index (χ2n) is 5.85. The molecular formula is C18H21N2O6P. The molecule has 0 aromatic heterocycles. The highest BCUT2D eigenvalue weighted by atomic mass is 31.2. The van der Waals surface area contributed by atoms with E-state index >= 15 is 0 Å². The second-order valence-corrected chi connectivity index (χ2v) is 7.37. The van der Waals surface area contributed by atoms with Gasteiger partial charge >= 0.3 is 13.7 Å². The Morgan fingerprint density at radius 2 is 1.74 bits per heavy atom. The van der Waals surface area contributed by atoms with Gasteiger partial charge in [-0.15, -0.1) is 0 Å². The van der Waals surface area contributed by atoms with E-state index in [1.165, 1.54) is 0 Å². The van der Waals surface area contributed by atoms with Crippen molar-refractivity contribution in [2.45, 2.75) is 19.4 Å². The average molecular weight is 392 g/mol. The normalized spacial score (nSPS) is 14.0. The summed E-state index contributed by atoms with van der Waals surface area (Å²) in [5.41, 5.74) is 1.69. The number of benzene rings is 2. The molecule has 0 fully saturated rings. The van der Waals surface area contributed by atoms with Gasteiger partial charge < -0.3 is 15.3 Å². The molecule has 0 saturated carbocycles. The van der Waals surface area contributed by atoms with Crippen LogP contribution >= 0.6 is 7.75 Å². The molecule has 2 rings (SSSR count). The maximum atomic E-state index is 12.1. The zero-order valence-corrected chi connectivity index (χ0v) is 15.6. The fourth-order valence-corrected chi connectivity index (χ4v) is 3.10. The largest absolute Gasteiger partial charge is 0.480 e. The summed E-state index contributed by atoms with van der Waals surface area (Å²) in [4.78, 5) is 33.3. The van der Waals surface area contributed by atoms with Crippen LogP contribution in [0.3, 0.4) is 0 Å². The molecule has 0 aliphatic heterocycles. The van der Waals surface area contributed by atoms with Crippen LogP contribution in [0.2, 0.25) is 0 Å². The van der Waals surface area contributed by atoms with Crippen molar-refractivity contribution in [2.75, 3.05) is 11.7 Å². The monoisotopic (exact) mass is 392 g/mol. The Morgan fingerprint density at radius 3 is 2.33 bits per heavy atom. The number of hydrogen-bond donors (Lipinski definition) is 4. The second kappa shape index (κ2) is 9.32. The Hall–Kier alpha value is -2.67. The SMILES string of the molecule is Cc1ccc(C(=O)N[C@@H](CCOP(=O)(O)Nc2ccccc2)C(=O)O)cc1. The molecule has 0 spiro atoms. The van der Waals surface area contributed by atoms with Crippen molar-refractivity contribution >= 4 is 25.3 Å². The lowest BCUT2D eigenvalue weighted by Crippen LogP contribution is -2.41. The van der Waals surface area contributed by atoms with Crippen molar-refractivity contribution in [3.63, 3.8) is 0 Å².